The minimum Gasteiger partial charge on any atom is -0.462 e. The Hall–Kier alpha value is -3.87. The Morgan fingerprint density at radius 1 is 1.14 bits per heavy atom. The third kappa shape index (κ3) is 5.49. The van der Waals surface area contributed by atoms with Crippen molar-refractivity contribution in [1.29, 1.82) is 0 Å². The van der Waals surface area contributed by atoms with Crippen LogP contribution in [0.5, 0.6) is 6.01 Å². The Labute approximate surface area is 252 Å². The van der Waals surface area contributed by atoms with Gasteiger partial charge in [-0.1, -0.05) is 42.4 Å². The van der Waals surface area contributed by atoms with Crippen LogP contribution >= 0.6 is 11.6 Å². The average Bonchev–Trinajstić information content (AvgIpc) is 3.43. The molecule has 6 rings (SSSR count). The van der Waals surface area contributed by atoms with Crippen LogP contribution in [0.1, 0.15) is 24.1 Å². The van der Waals surface area contributed by atoms with Crippen LogP contribution in [-0.2, 0) is 17.8 Å². The van der Waals surface area contributed by atoms with E-state index in [1.54, 1.807) is 4.90 Å². The van der Waals surface area contributed by atoms with Crippen molar-refractivity contribution in [2.45, 2.75) is 37.9 Å². The third-order valence-corrected chi connectivity index (χ3v) is 9.13. The van der Waals surface area contributed by atoms with Gasteiger partial charge in [0.25, 0.3) is 0 Å². The summed E-state index contributed by atoms with van der Waals surface area (Å²) < 4.78 is 6.28. The maximum Gasteiger partial charge on any atom is 0.318 e. The number of ether oxygens (including phenoxy) is 1. The van der Waals surface area contributed by atoms with Crippen LogP contribution in [0.4, 0.5) is 11.5 Å². The highest BCUT2D eigenvalue weighted by molar-refractivity contribution is 6.36. The third-order valence-electron chi connectivity index (χ3n) is 8.81. The zero-order valence-electron chi connectivity index (χ0n) is 24.0. The average molecular weight is 586 g/mol. The van der Waals surface area contributed by atoms with E-state index in [1.807, 2.05) is 12.1 Å². The van der Waals surface area contributed by atoms with E-state index in [-0.39, 0.29) is 18.5 Å². The topological polar surface area (TPSA) is 69.4 Å². The van der Waals surface area contributed by atoms with E-state index in [4.69, 9.17) is 32.9 Å². The van der Waals surface area contributed by atoms with Gasteiger partial charge in [-0.15, -0.1) is 0 Å². The zero-order chi connectivity index (χ0) is 29.2. The van der Waals surface area contributed by atoms with Crippen molar-refractivity contribution in [1.82, 2.24) is 19.8 Å². The molecule has 0 aliphatic carbocycles. The second kappa shape index (κ2) is 12.2. The number of carbonyl (C=O) groups excluding carboxylic acids is 1. The largest absolute Gasteiger partial charge is 0.462 e. The van der Waals surface area contributed by atoms with Crippen LogP contribution in [0.15, 0.2) is 49.1 Å². The number of likely N-dealkylation sites (N-methyl/N-ethyl adjacent to an activating group) is 1. The molecule has 2 atom stereocenters. The Morgan fingerprint density at radius 3 is 2.74 bits per heavy atom. The molecule has 0 saturated carbocycles. The molecule has 42 heavy (non-hydrogen) atoms. The van der Waals surface area contributed by atoms with Gasteiger partial charge < -0.3 is 29.2 Å². The summed E-state index contributed by atoms with van der Waals surface area (Å²) in [6.45, 7) is 16.0. The van der Waals surface area contributed by atoms with Gasteiger partial charge in [-0.3, -0.25) is 4.79 Å². The van der Waals surface area contributed by atoms with Crippen molar-refractivity contribution in [3.05, 3.63) is 76.8 Å². The molecule has 0 bridgehead atoms. The fraction of sp³-hybridized carbons (Fsp3) is 0.438. The summed E-state index contributed by atoms with van der Waals surface area (Å²) in [5.74, 6) is 0.716. The molecular weight excluding hydrogens is 550 g/mol. The van der Waals surface area contributed by atoms with Gasteiger partial charge in [0.05, 0.1) is 17.3 Å². The molecule has 1 aromatic heterocycles. The number of hydrogen-bond donors (Lipinski definition) is 0. The van der Waals surface area contributed by atoms with Crippen LogP contribution < -0.4 is 14.5 Å². The van der Waals surface area contributed by atoms with E-state index in [0.29, 0.717) is 44.8 Å². The molecule has 4 heterocycles. The lowest BCUT2D eigenvalue weighted by atomic mass is 10.0. The predicted molar refractivity (Wildman–Crippen MR) is 166 cm³/mol. The van der Waals surface area contributed by atoms with Crippen molar-refractivity contribution in [2.24, 2.45) is 0 Å². The minimum absolute atomic E-state index is 0.137. The van der Waals surface area contributed by atoms with E-state index in [2.05, 4.69) is 57.4 Å². The summed E-state index contributed by atoms with van der Waals surface area (Å²) in [5, 5.41) is 2.89. The SMILES string of the molecule is [C-]#[N+]CC1CN(c2nc(OC[C@@H]3CCCN3C)nc3c2CCN(c2cccc4cccc(Cl)c24)C3)CCN1C(=O)C=C. The fourth-order valence-corrected chi connectivity index (χ4v) is 6.82. The Kier molecular flexibility index (Phi) is 8.18. The molecule has 0 spiro atoms. The summed E-state index contributed by atoms with van der Waals surface area (Å²) in [7, 11) is 2.13. The second-order valence-corrected chi connectivity index (χ2v) is 11.7. The highest BCUT2D eigenvalue weighted by Crippen LogP contribution is 2.37. The summed E-state index contributed by atoms with van der Waals surface area (Å²) in [4.78, 5) is 34.7. The maximum absolute atomic E-state index is 12.5. The first-order valence-corrected chi connectivity index (χ1v) is 15.0. The quantitative estimate of drug-likeness (QED) is 0.300. The number of likely N-dealkylation sites (tertiary alicyclic amines) is 1. The Balaban J connectivity index is 1.34. The van der Waals surface area contributed by atoms with Crippen molar-refractivity contribution >= 4 is 39.8 Å². The van der Waals surface area contributed by atoms with Crippen molar-refractivity contribution in [3.63, 3.8) is 0 Å². The zero-order valence-corrected chi connectivity index (χ0v) is 24.8. The van der Waals surface area contributed by atoms with Crippen LogP contribution in [0.3, 0.4) is 0 Å². The van der Waals surface area contributed by atoms with Gasteiger partial charge in [-0.2, -0.15) is 9.97 Å². The standard InChI is InChI=1S/C32H36ClN7O2/c1-4-29(41)40-17-16-39(19-24(40)18-34-2)31-25-13-15-38(28-12-6-9-22-8-5-11-26(33)30(22)28)20-27(25)35-32(36-31)42-21-23-10-7-14-37(23)3/h4-6,8-9,11-12,23-24H,1,7,10,13-21H2,3H3/t23-,24?/m0/s1. The normalized spacial score (nSPS) is 20.8. The molecule has 3 aliphatic rings. The van der Waals surface area contributed by atoms with Crippen LogP contribution in [-0.4, -0.2) is 90.7 Å². The number of fused-ring (bicyclic) bond motifs is 2. The molecule has 2 fully saturated rings. The van der Waals surface area contributed by atoms with E-state index in [0.717, 1.165) is 64.5 Å². The molecule has 10 heteroatoms. The number of hydrogen-bond acceptors (Lipinski definition) is 7. The molecule has 9 nitrogen and oxygen atoms in total. The second-order valence-electron chi connectivity index (χ2n) is 11.3. The lowest BCUT2D eigenvalue weighted by Crippen LogP contribution is -2.56. The highest BCUT2D eigenvalue weighted by Gasteiger charge is 2.35. The van der Waals surface area contributed by atoms with Crippen molar-refractivity contribution in [2.75, 3.05) is 62.7 Å². The number of anilines is 2. The molecule has 3 aromatic rings. The van der Waals surface area contributed by atoms with Crippen LogP contribution in [0.2, 0.25) is 5.02 Å². The van der Waals surface area contributed by atoms with Crippen molar-refractivity contribution < 1.29 is 9.53 Å². The summed E-state index contributed by atoms with van der Waals surface area (Å²) in [5.41, 5.74) is 3.14. The van der Waals surface area contributed by atoms with Gasteiger partial charge >= 0.3 is 6.01 Å². The first-order chi connectivity index (χ1) is 20.5. The monoisotopic (exact) mass is 585 g/mol. The van der Waals surface area contributed by atoms with E-state index in [1.165, 1.54) is 12.5 Å². The first-order valence-electron chi connectivity index (χ1n) is 14.6. The number of amides is 1. The Morgan fingerprint density at radius 2 is 1.98 bits per heavy atom. The van der Waals surface area contributed by atoms with Crippen molar-refractivity contribution in [3.8, 4) is 6.01 Å². The van der Waals surface area contributed by atoms with E-state index in [9.17, 15) is 4.79 Å². The highest BCUT2D eigenvalue weighted by atomic mass is 35.5. The molecule has 3 aliphatic heterocycles. The number of aromatic nitrogens is 2. The lowest BCUT2D eigenvalue weighted by Gasteiger charge is -2.41. The summed E-state index contributed by atoms with van der Waals surface area (Å²) in [6.07, 6.45) is 4.36. The molecule has 0 N–H and O–H groups in total. The van der Waals surface area contributed by atoms with Gasteiger partial charge in [-0.05, 0) is 56.4 Å². The predicted octanol–water partition coefficient (Wildman–Crippen LogP) is 4.44. The number of rotatable bonds is 7. The van der Waals surface area contributed by atoms with Gasteiger partial charge in [-0.25, -0.2) is 6.57 Å². The molecule has 1 unspecified atom stereocenters. The number of carbonyl (C=O) groups is 1. The lowest BCUT2D eigenvalue weighted by molar-refractivity contribution is -0.128. The minimum atomic E-state index is -0.234. The molecule has 0 radical (unpaired) electrons. The molecule has 1 amide bonds. The molecular formula is C32H36ClN7O2. The number of benzene rings is 2. The summed E-state index contributed by atoms with van der Waals surface area (Å²) >= 11 is 6.69. The maximum atomic E-state index is 12.5. The molecule has 2 saturated heterocycles. The number of piperazine rings is 1. The van der Waals surface area contributed by atoms with E-state index < -0.39 is 0 Å². The Bertz CT molecular complexity index is 1530. The van der Waals surface area contributed by atoms with Gasteiger partial charge in [0.15, 0.2) is 0 Å². The van der Waals surface area contributed by atoms with Gasteiger partial charge in [0.1, 0.15) is 18.5 Å². The molecule has 2 aromatic carbocycles. The molecule has 218 valence electrons. The van der Waals surface area contributed by atoms with Crippen LogP contribution in [0.25, 0.3) is 15.6 Å². The van der Waals surface area contributed by atoms with Gasteiger partial charge in [0.2, 0.25) is 12.5 Å². The number of nitrogens with zero attached hydrogens (tertiary/aromatic N) is 7. The van der Waals surface area contributed by atoms with Crippen LogP contribution in [0, 0.1) is 6.57 Å². The van der Waals surface area contributed by atoms with Gasteiger partial charge in [0, 0.05) is 48.9 Å². The smallest absolute Gasteiger partial charge is 0.318 e. The summed E-state index contributed by atoms with van der Waals surface area (Å²) in [6, 6.07) is 12.8. The number of halogens is 1. The fourth-order valence-electron chi connectivity index (χ4n) is 6.54. The first kappa shape index (κ1) is 28.3. The van der Waals surface area contributed by atoms with E-state index >= 15 is 0 Å².